The third-order valence-corrected chi connectivity index (χ3v) is 5.53. The van der Waals surface area contributed by atoms with E-state index in [1.807, 2.05) is 56.0 Å². The number of amides is 2. The van der Waals surface area contributed by atoms with Gasteiger partial charge in [-0.1, -0.05) is 57.2 Å². The Morgan fingerprint density at radius 1 is 0.935 bits per heavy atom. The standard InChI is InChI=1S/C25H41N3O3/c1-5-6-7-8-9-13-16-26-17-19-27(20-18-26)23(29)21-28(22-14-11-10-12-15-22)24(30)31-25(2,3)4/h10-12,14-15H,5-9,13,16-21H2,1-4H3. The van der Waals surface area contributed by atoms with Crippen LogP contribution in [0, 0.1) is 0 Å². The third-order valence-electron chi connectivity index (χ3n) is 5.53. The Hall–Kier alpha value is -2.08. The largest absolute Gasteiger partial charge is 0.443 e. The van der Waals surface area contributed by atoms with Gasteiger partial charge in [-0.3, -0.25) is 14.6 Å². The fraction of sp³-hybridized carbons (Fsp3) is 0.680. The van der Waals surface area contributed by atoms with Crippen molar-refractivity contribution in [2.75, 3.05) is 44.2 Å². The summed E-state index contributed by atoms with van der Waals surface area (Å²) >= 11 is 0. The maximum absolute atomic E-state index is 13.0. The van der Waals surface area contributed by atoms with E-state index >= 15 is 0 Å². The maximum Gasteiger partial charge on any atom is 0.415 e. The van der Waals surface area contributed by atoms with Gasteiger partial charge in [0, 0.05) is 31.9 Å². The zero-order valence-electron chi connectivity index (χ0n) is 19.9. The van der Waals surface area contributed by atoms with Gasteiger partial charge in [0.1, 0.15) is 12.1 Å². The van der Waals surface area contributed by atoms with E-state index in [1.165, 1.54) is 43.4 Å². The number of unbranched alkanes of at least 4 members (excludes halogenated alkanes) is 5. The molecule has 0 aromatic heterocycles. The molecule has 31 heavy (non-hydrogen) atoms. The van der Waals surface area contributed by atoms with E-state index in [4.69, 9.17) is 4.74 Å². The second kappa shape index (κ2) is 12.7. The van der Waals surface area contributed by atoms with Gasteiger partial charge in [0.25, 0.3) is 0 Å². The molecule has 0 radical (unpaired) electrons. The van der Waals surface area contributed by atoms with Crippen LogP contribution >= 0.6 is 0 Å². The van der Waals surface area contributed by atoms with E-state index in [9.17, 15) is 9.59 Å². The number of nitrogens with zero attached hydrogens (tertiary/aromatic N) is 3. The number of hydrogen-bond acceptors (Lipinski definition) is 4. The van der Waals surface area contributed by atoms with Crippen LogP contribution in [0.3, 0.4) is 0 Å². The first kappa shape index (κ1) is 25.2. The quantitative estimate of drug-likeness (QED) is 0.493. The van der Waals surface area contributed by atoms with Crippen LogP contribution in [-0.4, -0.2) is 66.7 Å². The second-order valence-corrected chi connectivity index (χ2v) is 9.39. The van der Waals surface area contributed by atoms with Crippen molar-refractivity contribution in [3.63, 3.8) is 0 Å². The van der Waals surface area contributed by atoms with Gasteiger partial charge in [-0.15, -0.1) is 0 Å². The number of ether oxygens (including phenoxy) is 1. The van der Waals surface area contributed by atoms with Crippen LogP contribution in [0.2, 0.25) is 0 Å². The minimum Gasteiger partial charge on any atom is -0.443 e. The van der Waals surface area contributed by atoms with Gasteiger partial charge >= 0.3 is 6.09 Å². The van der Waals surface area contributed by atoms with E-state index < -0.39 is 11.7 Å². The Labute approximate surface area is 188 Å². The van der Waals surface area contributed by atoms with Gasteiger partial charge in [-0.05, 0) is 45.9 Å². The molecule has 1 saturated heterocycles. The van der Waals surface area contributed by atoms with E-state index in [1.54, 1.807) is 0 Å². The van der Waals surface area contributed by atoms with E-state index in [2.05, 4.69) is 11.8 Å². The SMILES string of the molecule is CCCCCCCCN1CCN(C(=O)CN(C(=O)OC(C)(C)C)c2ccccc2)CC1. The zero-order valence-corrected chi connectivity index (χ0v) is 19.9. The number of benzene rings is 1. The number of anilines is 1. The van der Waals surface area contributed by atoms with Gasteiger partial charge in [-0.25, -0.2) is 4.79 Å². The highest BCUT2D eigenvalue weighted by molar-refractivity contribution is 5.95. The summed E-state index contributed by atoms with van der Waals surface area (Å²) in [5, 5.41) is 0. The average Bonchev–Trinajstić information content (AvgIpc) is 2.74. The van der Waals surface area contributed by atoms with Crippen molar-refractivity contribution in [2.24, 2.45) is 0 Å². The number of carbonyl (C=O) groups excluding carboxylic acids is 2. The summed E-state index contributed by atoms with van der Waals surface area (Å²) in [6.45, 7) is 12.1. The first-order valence-corrected chi connectivity index (χ1v) is 11.9. The first-order valence-electron chi connectivity index (χ1n) is 11.9. The molecule has 1 aliphatic rings. The first-order chi connectivity index (χ1) is 14.8. The van der Waals surface area contributed by atoms with Crippen LogP contribution in [0.1, 0.15) is 66.2 Å². The molecule has 0 N–H and O–H groups in total. The Bertz CT molecular complexity index is 664. The molecule has 1 heterocycles. The molecule has 2 rings (SSSR count). The predicted octanol–water partition coefficient (Wildman–Crippen LogP) is 4.93. The van der Waals surface area contributed by atoms with E-state index in [-0.39, 0.29) is 12.5 Å². The van der Waals surface area contributed by atoms with E-state index in [0.717, 1.165) is 19.6 Å². The molecule has 1 fully saturated rings. The summed E-state index contributed by atoms with van der Waals surface area (Å²) in [6.07, 6.45) is 7.32. The normalized spacial score (nSPS) is 15.0. The lowest BCUT2D eigenvalue weighted by molar-refractivity contribution is -0.131. The molecular weight excluding hydrogens is 390 g/mol. The summed E-state index contributed by atoms with van der Waals surface area (Å²) in [4.78, 5) is 31.5. The minimum atomic E-state index is -0.616. The molecule has 1 aliphatic heterocycles. The molecule has 6 heteroatoms. The van der Waals surface area contributed by atoms with Crippen molar-refractivity contribution in [1.29, 1.82) is 0 Å². The van der Waals surface area contributed by atoms with Gasteiger partial charge in [0.05, 0.1) is 0 Å². The topological polar surface area (TPSA) is 53.1 Å². The summed E-state index contributed by atoms with van der Waals surface area (Å²) in [7, 11) is 0. The lowest BCUT2D eigenvalue weighted by atomic mass is 10.1. The Kier molecular flexibility index (Phi) is 10.3. The van der Waals surface area contributed by atoms with Gasteiger partial charge < -0.3 is 9.64 Å². The molecule has 0 aliphatic carbocycles. The monoisotopic (exact) mass is 431 g/mol. The maximum atomic E-state index is 13.0. The highest BCUT2D eigenvalue weighted by Gasteiger charge is 2.28. The van der Waals surface area contributed by atoms with Crippen LogP contribution < -0.4 is 4.90 Å². The molecular formula is C25H41N3O3. The fourth-order valence-electron chi connectivity index (χ4n) is 3.76. The minimum absolute atomic E-state index is 0.00362. The van der Waals surface area contributed by atoms with Crippen molar-refractivity contribution < 1.29 is 14.3 Å². The lowest BCUT2D eigenvalue weighted by Gasteiger charge is -2.36. The second-order valence-electron chi connectivity index (χ2n) is 9.39. The van der Waals surface area contributed by atoms with E-state index in [0.29, 0.717) is 18.8 Å². The Morgan fingerprint density at radius 2 is 1.55 bits per heavy atom. The van der Waals surface area contributed by atoms with Crippen molar-refractivity contribution in [3.8, 4) is 0 Å². The fourth-order valence-corrected chi connectivity index (χ4v) is 3.76. The van der Waals surface area contributed by atoms with Crippen LogP contribution in [0.4, 0.5) is 10.5 Å². The highest BCUT2D eigenvalue weighted by atomic mass is 16.6. The molecule has 0 saturated carbocycles. The molecule has 1 aromatic carbocycles. The lowest BCUT2D eigenvalue weighted by Crippen LogP contribution is -2.52. The average molecular weight is 432 g/mol. The van der Waals surface area contributed by atoms with Crippen molar-refractivity contribution >= 4 is 17.7 Å². The summed E-state index contributed by atoms with van der Waals surface area (Å²) < 4.78 is 5.55. The molecule has 2 amide bonds. The van der Waals surface area contributed by atoms with Crippen molar-refractivity contribution in [2.45, 2.75) is 71.8 Å². The summed E-state index contributed by atoms with van der Waals surface area (Å²) in [6, 6.07) is 9.27. The van der Waals surface area contributed by atoms with Crippen LogP contribution in [0.25, 0.3) is 0 Å². The van der Waals surface area contributed by atoms with Gasteiger partial charge in [-0.2, -0.15) is 0 Å². The molecule has 0 unspecified atom stereocenters. The summed E-state index contributed by atoms with van der Waals surface area (Å²) in [5.41, 5.74) is 0.0572. The van der Waals surface area contributed by atoms with Gasteiger partial charge in [0.15, 0.2) is 0 Å². The Morgan fingerprint density at radius 3 is 2.16 bits per heavy atom. The third kappa shape index (κ3) is 9.30. The number of hydrogen-bond donors (Lipinski definition) is 0. The molecule has 0 atom stereocenters. The van der Waals surface area contributed by atoms with Crippen LogP contribution in [0.5, 0.6) is 0 Å². The Balaban J connectivity index is 1.84. The molecule has 174 valence electrons. The number of carbonyl (C=O) groups is 2. The molecule has 0 bridgehead atoms. The highest BCUT2D eigenvalue weighted by Crippen LogP contribution is 2.18. The van der Waals surface area contributed by atoms with Crippen molar-refractivity contribution in [1.82, 2.24) is 9.80 Å². The number of para-hydroxylation sites is 1. The molecule has 6 nitrogen and oxygen atoms in total. The molecule has 1 aromatic rings. The smallest absolute Gasteiger partial charge is 0.415 e. The number of rotatable bonds is 10. The number of piperazine rings is 1. The predicted molar refractivity (Wildman–Crippen MR) is 126 cm³/mol. The summed E-state index contributed by atoms with van der Waals surface area (Å²) in [5.74, 6) is -0.0334. The van der Waals surface area contributed by atoms with Crippen molar-refractivity contribution in [3.05, 3.63) is 30.3 Å². The van der Waals surface area contributed by atoms with Crippen LogP contribution in [-0.2, 0) is 9.53 Å². The van der Waals surface area contributed by atoms with Gasteiger partial charge in [0.2, 0.25) is 5.91 Å². The molecule has 0 spiro atoms. The van der Waals surface area contributed by atoms with Crippen LogP contribution in [0.15, 0.2) is 30.3 Å². The zero-order chi connectivity index (χ0) is 22.7.